The fraction of sp³-hybridized carbons (Fsp3) is 0.615. The average Bonchev–Trinajstić information content (AvgIpc) is 2.38. The number of pyridine rings is 1. The van der Waals surface area contributed by atoms with Crippen molar-refractivity contribution in [2.75, 3.05) is 13.2 Å². The van der Waals surface area contributed by atoms with E-state index < -0.39 is 0 Å². The van der Waals surface area contributed by atoms with E-state index in [0.29, 0.717) is 10.5 Å². The van der Waals surface area contributed by atoms with Gasteiger partial charge >= 0.3 is 0 Å². The molecule has 1 aliphatic heterocycles. The summed E-state index contributed by atoms with van der Waals surface area (Å²) < 4.78 is 5.39. The number of hydrogen-bond donors (Lipinski definition) is 1. The predicted molar refractivity (Wildman–Crippen MR) is 72.1 cm³/mol. The zero-order valence-corrected chi connectivity index (χ0v) is 11.0. The first kappa shape index (κ1) is 12.9. The van der Waals surface area contributed by atoms with Crippen molar-refractivity contribution in [3.05, 3.63) is 30.1 Å². The molecule has 3 nitrogen and oxygen atoms in total. The van der Waals surface area contributed by atoms with Gasteiger partial charge < -0.3 is 10.5 Å². The number of rotatable bonds is 4. The van der Waals surface area contributed by atoms with Gasteiger partial charge in [-0.3, -0.25) is 4.98 Å². The van der Waals surface area contributed by atoms with Crippen molar-refractivity contribution in [3.63, 3.8) is 0 Å². The van der Waals surface area contributed by atoms with Gasteiger partial charge in [0, 0.05) is 42.1 Å². The zero-order valence-electron chi connectivity index (χ0n) is 10.2. The van der Waals surface area contributed by atoms with Gasteiger partial charge in [-0.2, -0.15) is 0 Å². The molecule has 4 heteroatoms. The highest BCUT2D eigenvalue weighted by Crippen LogP contribution is 2.37. The van der Waals surface area contributed by atoms with Crippen molar-refractivity contribution in [1.29, 1.82) is 0 Å². The van der Waals surface area contributed by atoms with Crippen molar-refractivity contribution < 1.29 is 4.74 Å². The van der Waals surface area contributed by atoms with E-state index in [-0.39, 0.29) is 6.04 Å². The molecule has 2 rings (SSSR count). The van der Waals surface area contributed by atoms with E-state index in [1.165, 1.54) is 5.56 Å². The third-order valence-electron chi connectivity index (χ3n) is 3.00. The summed E-state index contributed by atoms with van der Waals surface area (Å²) in [6, 6.07) is 4.25. The molecule has 0 aliphatic carbocycles. The Kier molecular flexibility index (Phi) is 4.83. The number of ether oxygens (including phenoxy) is 1. The van der Waals surface area contributed by atoms with Gasteiger partial charge in [0.15, 0.2) is 0 Å². The van der Waals surface area contributed by atoms with Crippen LogP contribution in [0, 0.1) is 0 Å². The normalized spacial score (nSPS) is 21.1. The molecule has 1 saturated heterocycles. The minimum absolute atomic E-state index is 0.145. The molecule has 1 aromatic heterocycles. The number of nitrogens with zero attached hydrogens (tertiary/aromatic N) is 1. The summed E-state index contributed by atoms with van der Waals surface area (Å²) in [5.74, 6) is 0. The summed E-state index contributed by atoms with van der Waals surface area (Å²) in [6.45, 7) is 3.84. The molecule has 0 amide bonds. The monoisotopic (exact) mass is 252 g/mol. The predicted octanol–water partition coefficient (Wildman–Crippen LogP) is 2.38. The van der Waals surface area contributed by atoms with Gasteiger partial charge in [0.05, 0.1) is 0 Å². The second kappa shape index (κ2) is 6.38. The van der Waals surface area contributed by atoms with Crippen LogP contribution >= 0.6 is 11.8 Å². The molecule has 0 aromatic carbocycles. The van der Waals surface area contributed by atoms with Crippen LogP contribution in [0.15, 0.2) is 24.5 Å². The Morgan fingerprint density at radius 1 is 1.47 bits per heavy atom. The van der Waals surface area contributed by atoms with Crippen LogP contribution in [0.2, 0.25) is 0 Å². The Morgan fingerprint density at radius 2 is 2.24 bits per heavy atom. The van der Waals surface area contributed by atoms with Crippen LogP contribution in [0.1, 0.15) is 30.6 Å². The van der Waals surface area contributed by atoms with E-state index in [4.69, 9.17) is 10.5 Å². The Labute approximate surface area is 107 Å². The molecule has 94 valence electrons. The molecule has 0 saturated carbocycles. The van der Waals surface area contributed by atoms with Crippen LogP contribution in [0.25, 0.3) is 0 Å². The first-order valence-corrected chi connectivity index (χ1v) is 7.10. The summed E-state index contributed by atoms with van der Waals surface area (Å²) in [5.41, 5.74) is 7.34. The number of hydrogen-bond acceptors (Lipinski definition) is 4. The first-order chi connectivity index (χ1) is 8.27. The van der Waals surface area contributed by atoms with Crippen LogP contribution < -0.4 is 5.73 Å². The van der Waals surface area contributed by atoms with E-state index in [1.807, 2.05) is 24.0 Å². The summed E-state index contributed by atoms with van der Waals surface area (Å²) in [7, 11) is 0. The fourth-order valence-electron chi connectivity index (χ4n) is 2.07. The highest BCUT2D eigenvalue weighted by molar-refractivity contribution is 8.00. The van der Waals surface area contributed by atoms with E-state index >= 15 is 0 Å². The van der Waals surface area contributed by atoms with Gasteiger partial charge in [0.1, 0.15) is 0 Å². The molecule has 1 fully saturated rings. The van der Waals surface area contributed by atoms with Crippen molar-refractivity contribution in [3.8, 4) is 0 Å². The van der Waals surface area contributed by atoms with Crippen LogP contribution in [-0.4, -0.2) is 29.5 Å². The largest absolute Gasteiger partial charge is 0.381 e. The highest BCUT2D eigenvalue weighted by Gasteiger charge is 2.23. The smallest absolute Gasteiger partial charge is 0.0476 e. The van der Waals surface area contributed by atoms with E-state index in [2.05, 4.69) is 18.0 Å². The minimum Gasteiger partial charge on any atom is -0.381 e. The lowest BCUT2D eigenvalue weighted by Gasteiger charge is -2.28. The lowest BCUT2D eigenvalue weighted by atomic mass is 10.1. The SMILES string of the molecule is CC(N)C(SC1CCOCC1)c1cccnc1. The van der Waals surface area contributed by atoms with Crippen molar-refractivity contribution in [2.45, 2.75) is 36.3 Å². The molecular formula is C13H20N2OS. The van der Waals surface area contributed by atoms with Crippen LogP contribution in [0.4, 0.5) is 0 Å². The first-order valence-electron chi connectivity index (χ1n) is 6.16. The standard InChI is InChI=1S/C13H20N2OS/c1-10(14)13(11-3-2-6-15-9-11)17-12-4-7-16-8-5-12/h2-3,6,9-10,12-13H,4-5,7-8,14H2,1H3. The summed E-state index contributed by atoms with van der Waals surface area (Å²) in [4.78, 5) is 4.19. The Balaban J connectivity index is 2.02. The van der Waals surface area contributed by atoms with Crippen LogP contribution in [-0.2, 0) is 4.74 Å². The maximum absolute atomic E-state index is 6.11. The van der Waals surface area contributed by atoms with E-state index in [0.717, 1.165) is 26.1 Å². The number of thioether (sulfide) groups is 1. The zero-order chi connectivity index (χ0) is 12.1. The van der Waals surface area contributed by atoms with Gasteiger partial charge in [-0.25, -0.2) is 0 Å². The van der Waals surface area contributed by atoms with Crippen LogP contribution in [0.5, 0.6) is 0 Å². The van der Waals surface area contributed by atoms with Crippen molar-refractivity contribution in [2.24, 2.45) is 5.73 Å². The number of nitrogens with two attached hydrogens (primary N) is 1. The Hall–Kier alpha value is -0.580. The molecule has 2 N–H and O–H groups in total. The summed E-state index contributed by atoms with van der Waals surface area (Å²) in [6.07, 6.45) is 6.00. The van der Waals surface area contributed by atoms with E-state index in [1.54, 1.807) is 6.20 Å². The van der Waals surface area contributed by atoms with Crippen molar-refractivity contribution in [1.82, 2.24) is 4.98 Å². The topological polar surface area (TPSA) is 48.1 Å². The van der Waals surface area contributed by atoms with Gasteiger partial charge in [-0.1, -0.05) is 6.07 Å². The van der Waals surface area contributed by atoms with Gasteiger partial charge in [-0.05, 0) is 31.4 Å². The highest BCUT2D eigenvalue weighted by atomic mass is 32.2. The molecule has 1 aromatic rings. The fourth-order valence-corrected chi connectivity index (χ4v) is 3.49. The van der Waals surface area contributed by atoms with Crippen LogP contribution in [0.3, 0.4) is 0 Å². The second-order valence-electron chi connectivity index (χ2n) is 4.51. The molecule has 0 radical (unpaired) electrons. The minimum atomic E-state index is 0.145. The Morgan fingerprint density at radius 3 is 2.82 bits per heavy atom. The molecule has 2 heterocycles. The molecule has 2 atom stereocenters. The molecule has 0 spiro atoms. The van der Waals surface area contributed by atoms with E-state index in [9.17, 15) is 0 Å². The molecule has 2 unspecified atom stereocenters. The van der Waals surface area contributed by atoms with Crippen molar-refractivity contribution >= 4 is 11.8 Å². The van der Waals surface area contributed by atoms with Gasteiger partial charge in [0.25, 0.3) is 0 Å². The summed E-state index contributed by atoms with van der Waals surface area (Å²) in [5, 5.41) is 1.01. The Bertz CT molecular complexity index is 325. The maximum Gasteiger partial charge on any atom is 0.0476 e. The number of aromatic nitrogens is 1. The second-order valence-corrected chi connectivity index (χ2v) is 5.96. The van der Waals surface area contributed by atoms with Gasteiger partial charge in [-0.15, -0.1) is 11.8 Å². The lowest BCUT2D eigenvalue weighted by molar-refractivity contribution is 0.0999. The average molecular weight is 252 g/mol. The van der Waals surface area contributed by atoms with Gasteiger partial charge in [0.2, 0.25) is 0 Å². The summed E-state index contributed by atoms with van der Waals surface area (Å²) >= 11 is 1.98. The molecule has 1 aliphatic rings. The third-order valence-corrected chi connectivity index (χ3v) is 4.85. The molecular weight excluding hydrogens is 232 g/mol. The third kappa shape index (κ3) is 3.69. The molecule has 17 heavy (non-hydrogen) atoms. The lowest BCUT2D eigenvalue weighted by Crippen LogP contribution is -2.26. The molecule has 0 bridgehead atoms. The quantitative estimate of drug-likeness (QED) is 0.894. The maximum atomic E-state index is 6.11.